The minimum absolute atomic E-state index is 0.0788. The van der Waals surface area contributed by atoms with Crippen LogP contribution in [0, 0.1) is 0 Å². The lowest BCUT2D eigenvalue weighted by atomic mass is 10.0. The molecule has 2 aliphatic heterocycles. The van der Waals surface area contributed by atoms with Gasteiger partial charge in [0.25, 0.3) is 5.72 Å². The molecule has 0 saturated carbocycles. The first kappa shape index (κ1) is 17.8. The van der Waals surface area contributed by atoms with Crippen molar-refractivity contribution < 1.29 is 23.2 Å². The molecule has 4 rings (SSSR count). The Balaban J connectivity index is 1.67. The number of alkyl halides is 2. The first-order valence-corrected chi connectivity index (χ1v) is 9.83. The van der Waals surface area contributed by atoms with Gasteiger partial charge in [-0.15, -0.1) is 0 Å². The van der Waals surface area contributed by atoms with Gasteiger partial charge < -0.3 is 9.84 Å². The van der Waals surface area contributed by atoms with Crippen LogP contribution in [0.1, 0.15) is 5.56 Å². The Morgan fingerprint density at radius 1 is 1.15 bits per heavy atom. The number of aliphatic hydroxyl groups is 1. The molecule has 136 valence electrons. The lowest BCUT2D eigenvalue weighted by molar-refractivity contribution is -0.650. The van der Waals surface area contributed by atoms with E-state index in [0.29, 0.717) is 12.1 Å². The average molecular weight is 442 g/mol. The SMILES string of the molecule is O[C@]1(c2ccc(OC(F)F)cc2)CN(c2ccc(Br)cc2)C2=[N+]1CCS2. The van der Waals surface area contributed by atoms with Crippen molar-refractivity contribution in [1.82, 2.24) is 0 Å². The summed E-state index contributed by atoms with van der Waals surface area (Å²) in [7, 11) is 0. The third-order valence-corrected chi connectivity index (χ3v) is 6.13. The molecule has 0 fully saturated rings. The molecular formula is C18H16BrF2N2O2S+. The average Bonchev–Trinajstić information content (AvgIpc) is 3.20. The summed E-state index contributed by atoms with van der Waals surface area (Å²) >= 11 is 5.14. The van der Waals surface area contributed by atoms with Crippen molar-refractivity contribution in [3.05, 3.63) is 58.6 Å². The molecule has 0 aliphatic carbocycles. The second kappa shape index (κ2) is 6.83. The van der Waals surface area contributed by atoms with Gasteiger partial charge in [-0.2, -0.15) is 8.78 Å². The van der Waals surface area contributed by atoms with Gasteiger partial charge in [0.05, 0.1) is 6.54 Å². The third-order valence-electron chi connectivity index (χ3n) is 4.51. The fourth-order valence-corrected chi connectivity index (χ4v) is 4.76. The van der Waals surface area contributed by atoms with Crippen molar-refractivity contribution in [2.24, 2.45) is 0 Å². The molecule has 0 amide bonds. The molecule has 0 spiro atoms. The molecule has 2 aromatic carbocycles. The predicted molar refractivity (Wildman–Crippen MR) is 101 cm³/mol. The molecule has 0 radical (unpaired) electrons. The van der Waals surface area contributed by atoms with E-state index < -0.39 is 12.3 Å². The highest BCUT2D eigenvalue weighted by Gasteiger charge is 2.54. The van der Waals surface area contributed by atoms with Gasteiger partial charge in [0, 0.05) is 15.8 Å². The molecule has 0 unspecified atom stereocenters. The minimum atomic E-state index is -2.86. The lowest BCUT2D eigenvalue weighted by Crippen LogP contribution is -2.41. The second-order valence-electron chi connectivity index (χ2n) is 6.06. The quantitative estimate of drug-likeness (QED) is 0.731. The zero-order valence-electron chi connectivity index (χ0n) is 13.6. The Morgan fingerprint density at radius 3 is 2.50 bits per heavy atom. The van der Waals surface area contributed by atoms with Crippen molar-refractivity contribution in [2.75, 3.05) is 23.7 Å². The molecule has 1 atom stereocenters. The molecule has 4 nitrogen and oxygen atoms in total. The van der Waals surface area contributed by atoms with Crippen molar-refractivity contribution in [3.63, 3.8) is 0 Å². The standard InChI is InChI=1S/C18H16BrF2N2O2S/c19-13-3-5-14(6-4-13)22-11-18(24,23-9-10-26-17(22)23)12-1-7-15(8-2-12)25-16(20)21/h1-8,16,24H,9-11H2/q+1/t18-/m0/s1. The number of anilines is 1. The Bertz CT molecular complexity index is 845. The molecular weight excluding hydrogens is 426 g/mol. The first-order valence-electron chi connectivity index (χ1n) is 8.05. The number of hydrogen-bond acceptors (Lipinski definition) is 4. The minimum Gasteiger partial charge on any atom is -0.435 e. The summed E-state index contributed by atoms with van der Waals surface area (Å²) in [5.74, 6) is 0.965. The van der Waals surface area contributed by atoms with Crippen molar-refractivity contribution in [3.8, 4) is 5.75 Å². The Kier molecular flexibility index (Phi) is 4.66. The zero-order chi connectivity index (χ0) is 18.3. The van der Waals surface area contributed by atoms with E-state index in [1.807, 2.05) is 28.8 Å². The van der Waals surface area contributed by atoms with Gasteiger partial charge in [-0.05, 0) is 60.3 Å². The highest BCUT2D eigenvalue weighted by molar-refractivity contribution is 9.10. The van der Waals surface area contributed by atoms with Gasteiger partial charge in [-0.1, -0.05) is 15.9 Å². The zero-order valence-corrected chi connectivity index (χ0v) is 16.0. The van der Waals surface area contributed by atoms with Gasteiger partial charge >= 0.3 is 11.8 Å². The number of amidine groups is 1. The van der Waals surface area contributed by atoms with Crippen LogP contribution in [0.2, 0.25) is 0 Å². The van der Waals surface area contributed by atoms with E-state index in [-0.39, 0.29) is 5.75 Å². The van der Waals surface area contributed by atoms with Crippen LogP contribution < -0.4 is 9.64 Å². The van der Waals surface area contributed by atoms with Crippen molar-refractivity contribution >= 4 is 38.5 Å². The molecule has 2 heterocycles. The summed E-state index contributed by atoms with van der Waals surface area (Å²) in [6.45, 7) is -1.77. The number of β-amino-alcohol motifs (C(OH)–C–C–N with tert-alkyl or cyclic N) is 1. The Hall–Kier alpha value is -1.64. The summed E-state index contributed by atoms with van der Waals surface area (Å²) in [5, 5.41) is 12.4. The molecule has 26 heavy (non-hydrogen) atoms. The van der Waals surface area contributed by atoms with Crippen molar-refractivity contribution in [1.29, 1.82) is 0 Å². The monoisotopic (exact) mass is 441 g/mol. The summed E-state index contributed by atoms with van der Waals surface area (Å²) < 4.78 is 32.1. The van der Waals surface area contributed by atoms with Crippen LogP contribution in [0.15, 0.2) is 53.0 Å². The maximum Gasteiger partial charge on any atom is 0.387 e. The second-order valence-corrected chi connectivity index (χ2v) is 8.04. The molecule has 8 heteroatoms. The number of rotatable bonds is 4. The van der Waals surface area contributed by atoms with E-state index in [1.54, 1.807) is 23.9 Å². The number of benzene rings is 2. The molecule has 2 aliphatic rings. The molecule has 0 bridgehead atoms. The van der Waals surface area contributed by atoms with Gasteiger partial charge in [0.1, 0.15) is 11.4 Å². The predicted octanol–water partition coefficient (Wildman–Crippen LogP) is 3.83. The Labute approximate surface area is 162 Å². The van der Waals surface area contributed by atoms with E-state index in [2.05, 4.69) is 25.6 Å². The highest BCUT2D eigenvalue weighted by atomic mass is 79.9. The number of hydrogen-bond donors (Lipinski definition) is 1. The fraction of sp³-hybridized carbons (Fsp3) is 0.278. The summed E-state index contributed by atoms with van der Waals surface area (Å²) in [4.78, 5) is 2.09. The first-order chi connectivity index (χ1) is 12.5. The van der Waals surface area contributed by atoms with Crippen molar-refractivity contribution in [2.45, 2.75) is 12.3 Å². The lowest BCUT2D eigenvalue weighted by Gasteiger charge is -2.23. The van der Waals surface area contributed by atoms with Gasteiger partial charge in [-0.25, -0.2) is 9.48 Å². The largest absolute Gasteiger partial charge is 0.435 e. The number of halogens is 3. The fourth-order valence-electron chi connectivity index (χ4n) is 3.32. The van der Waals surface area contributed by atoms with Crippen LogP contribution in [0.3, 0.4) is 0 Å². The molecule has 2 aromatic rings. The van der Waals surface area contributed by atoms with E-state index in [0.717, 1.165) is 27.6 Å². The number of nitrogens with zero attached hydrogens (tertiary/aromatic N) is 2. The van der Waals surface area contributed by atoms with Crippen LogP contribution in [-0.2, 0) is 5.72 Å². The highest BCUT2D eigenvalue weighted by Crippen LogP contribution is 2.38. The molecule has 1 N–H and O–H groups in total. The van der Waals surface area contributed by atoms with E-state index >= 15 is 0 Å². The molecule has 0 saturated heterocycles. The summed E-state index contributed by atoms with van der Waals surface area (Å²) in [6, 6.07) is 14.1. The number of thioether (sulfide) groups is 1. The van der Waals surface area contributed by atoms with Crippen LogP contribution in [-0.4, -0.2) is 40.3 Å². The van der Waals surface area contributed by atoms with Crippen LogP contribution >= 0.6 is 27.7 Å². The topological polar surface area (TPSA) is 35.7 Å². The molecule has 0 aromatic heterocycles. The normalized spacial score (nSPS) is 22.3. The van der Waals surface area contributed by atoms with E-state index in [4.69, 9.17) is 0 Å². The smallest absolute Gasteiger partial charge is 0.387 e. The summed E-state index contributed by atoms with van der Waals surface area (Å²) in [6.07, 6.45) is 0. The van der Waals surface area contributed by atoms with Crippen LogP contribution in [0.25, 0.3) is 0 Å². The van der Waals surface area contributed by atoms with Crippen LogP contribution in [0.5, 0.6) is 5.75 Å². The van der Waals surface area contributed by atoms with Gasteiger partial charge in [0.15, 0.2) is 6.54 Å². The Morgan fingerprint density at radius 2 is 1.85 bits per heavy atom. The summed E-state index contributed by atoms with van der Waals surface area (Å²) in [5.41, 5.74) is 0.435. The maximum atomic E-state index is 12.3. The van der Waals surface area contributed by atoms with Gasteiger partial charge in [0.2, 0.25) is 0 Å². The van der Waals surface area contributed by atoms with E-state index in [1.165, 1.54) is 12.1 Å². The van der Waals surface area contributed by atoms with Crippen LogP contribution in [0.4, 0.5) is 14.5 Å². The van der Waals surface area contributed by atoms with E-state index in [9.17, 15) is 13.9 Å². The number of ether oxygens (including phenoxy) is 1. The van der Waals surface area contributed by atoms with Gasteiger partial charge in [-0.3, -0.25) is 0 Å². The maximum absolute atomic E-state index is 12.3. The third kappa shape index (κ3) is 3.10.